The summed E-state index contributed by atoms with van der Waals surface area (Å²) in [4.78, 5) is 14.5. The van der Waals surface area contributed by atoms with E-state index in [9.17, 15) is 9.90 Å². The molecule has 22 heavy (non-hydrogen) atoms. The second-order valence-electron chi connectivity index (χ2n) is 6.30. The second-order valence-corrected chi connectivity index (χ2v) is 6.74. The van der Waals surface area contributed by atoms with Gasteiger partial charge in [0.15, 0.2) is 0 Å². The van der Waals surface area contributed by atoms with Crippen molar-refractivity contribution in [1.82, 2.24) is 4.90 Å². The molecule has 1 aromatic rings. The van der Waals surface area contributed by atoms with E-state index in [2.05, 4.69) is 0 Å². The Labute approximate surface area is 138 Å². The second kappa shape index (κ2) is 8.54. The highest BCUT2D eigenvalue weighted by atomic mass is 35.5. The van der Waals surface area contributed by atoms with Gasteiger partial charge >= 0.3 is 0 Å². The molecule has 1 aliphatic heterocycles. The number of aliphatic hydroxyl groups excluding tert-OH is 1. The van der Waals surface area contributed by atoms with E-state index in [0.717, 1.165) is 43.7 Å². The number of aliphatic hydroxyl groups is 1. The van der Waals surface area contributed by atoms with Gasteiger partial charge in [-0.2, -0.15) is 0 Å². The fraction of sp³-hybridized carbons (Fsp3) is 0.611. The average molecular weight is 324 g/mol. The monoisotopic (exact) mass is 323 g/mol. The van der Waals surface area contributed by atoms with Crippen molar-refractivity contribution in [2.75, 3.05) is 6.54 Å². The molecule has 0 radical (unpaired) electrons. The van der Waals surface area contributed by atoms with Crippen molar-refractivity contribution < 1.29 is 9.90 Å². The van der Waals surface area contributed by atoms with Crippen LogP contribution in [0.1, 0.15) is 51.0 Å². The minimum atomic E-state index is -0.340. The van der Waals surface area contributed by atoms with E-state index in [-0.39, 0.29) is 18.1 Å². The van der Waals surface area contributed by atoms with Crippen molar-refractivity contribution in [3.05, 3.63) is 34.9 Å². The van der Waals surface area contributed by atoms with Crippen molar-refractivity contribution in [3.8, 4) is 0 Å². The van der Waals surface area contributed by atoms with E-state index in [1.54, 1.807) is 6.92 Å². The highest BCUT2D eigenvalue weighted by Gasteiger charge is 2.26. The van der Waals surface area contributed by atoms with Crippen LogP contribution in [0, 0.1) is 0 Å². The van der Waals surface area contributed by atoms with Crippen LogP contribution in [0.2, 0.25) is 5.02 Å². The van der Waals surface area contributed by atoms with E-state index in [0.29, 0.717) is 12.8 Å². The van der Waals surface area contributed by atoms with Gasteiger partial charge in [0.25, 0.3) is 0 Å². The number of nitrogens with zero attached hydrogens (tertiary/aromatic N) is 1. The Morgan fingerprint density at radius 1 is 1.36 bits per heavy atom. The van der Waals surface area contributed by atoms with Gasteiger partial charge in [0.1, 0.15) is 0 Å². The number of halogens is 1. The van der Waals surface area contributed by atoms with Crippen molar-refractivity contribution in [2.45, 2.75) is 64.0 Å². The minimum Gasteiger partial charge on any atom is -0.393 e. The van der Waals surface area contributed by atoms with Gasteiger partial charge in [0.2, 0.25) is 5.91 Å². The lowest BCUT2D eigenvalue weighted by molar-refractivity contribution is -0.135. The minimum absolute atomic E-state index is 0.219. The summed E-state index contributed by atoms with van der Waals surface area (Å²) in [5.41, 5.74) is 1.22. The number of piperidine rings is 1. The Morgan fingerprint density at radius 3 is 2.77 bits per heavy atom. The van der Waals surface area contributed by atoms with Gasteiger partial charge in [-0.1, -0.05) is 23.7 Å². The molecule has 1 saturated heterocycles. The Bertz CT molecular complexity index is 472. The molecule has 1 aliphatic rings. The zero-order valence-electron chi connectivity index (χ0n) is 13.3. The van der Waals surface area contributed by atoms with Crippen LogP contribution in [-0.4, -0.2) is 34.6 Å². The first-order valence-electron chi connectivity index (χ1n) is 8.28. The number of carbonyl (C=O) groups is 1. The third kappa shape index (κ3) is 5.29. The molecule has 1 fully saturated rings. The van der Waals surface area contributed by atoms with Gasteiger partial charge in [-0.25, -0.2) is 0 Å². The predicted molar refractivity (Wildman–Crippen MR) is 90.0 cm³/mol. The summed E-state index contributed by atoms with van der Waals surface area (Å²) in [7, 11) is 0. The van der Waals surface area contributed by atoms with E-state index >= 15 is 0 Å². The molecule has 2 atom stereocenters. The molecule has 0 aromatic heterocycles. The maximum atomic E-state index is 12.5. The number of amides is 1. The molecule has 0 unspecified atom stereocenters. The van der Waals surface area contributed by atoms with Gasteiger partial charge in [-0.3, -0.25) is 4.79 Å². The van der Waals surface area contributed by atoms with Crippen LogP contribution in [-0.2, 0) is 11.2 Å². The van der Waals surface area contributed by atoms with Gasteiger partial charge in [0, 0.05) is 24.0 Å². The summed E-state index contributed by atoms with van der Waals surface area (Å²) in [6.45, 7) is 2.65. The number of hydrogen-bond acceptors (Lipinski definition) is 2. The van der Waals surface area contributed by atoms with Crippen LogP contribution < -0.4 is 0 Å². The molecule has 0 aliphatic carbocycles. The quantitative estimate of drug-likeness (QED) is 0.864. The normalized spacial score (nSPS) is 20.0. The first-order chi connectivity index (χ1) is 10.6. The van der Waals surface area contributed by atoms with E-state index in [1.807, 2.05) is 29.2 Å². The Kier molecular flexibility index (Phi) is 6.71. The third-order valence-electron chi connectivity index (χ3n) is 4.33. The smallest absolute Gasteiger partial charge is 0.222 e. The van der Waals surface area contributed by atoms with Crippen molar-refractivity contribution in [3.63, 3.8) is 0 Å². The first kappa shape index (κ1) is 17.3. The zero-order valence-corrected chi connectivity index (χ0v) is 14.1. The average Bonchev–Trinajstić information content (AvgIpc) is 2.49. The topological polar surface area (TPSA) is 40.5 Å². The fourth-order valence-corrected chi connectivity index (χ4v) is 3.33. The van der Waals surface area contributed by atoms with Crippen molar-refractivity contribution in [2.24, 2.45) is 0 Å². The van der Waals surface area contributed by atoms with Crippen molar-refractivity contribution in [1.29, 1.82) is 0 Å². The maximum Gasteiger partial charge on any atom is 0.222 e. The summed E-state index contributed by atoms with van der Waals surface area (Å²) in [5, 5.41) is 10.3. The molecule has 0 spiro atoms. The number of hydrogen-bond donors (Lipinski definition) is 1. The van der Waals surface area contributed by atoms with E-state index in [1.165, 1.54) is 5.56 Å². The summed E-state index contributed by atoms with van der Waals surface area (Å²) < 4.78 is 0. The Balaban J connectivity index is 1.80. The molecule has 122 valence electrons. The van der Waals surface area contributed by atoms with E-state index in [4.69, 9.17) is 11.6 Å². The van der Waals surface area contributed by atoms with Gasteiger partial charge in [0.05, 0.1) is 6.10 Å². The highest BCUT2D eigenvalue weighted by Crippen LogP contribution is 2.22. The fourth-order valence-electron chi connectivity index (χ4n) is 3.21. The van der Waals surface area contributed by atoms with Gasteiger partial charge in [-0.15, -0.1) is 0 Å². The zero-order chi connectivity index (χ0) is 15.9. The molecule has 1 N–H and O–H groups in total. The number of likely N-dealkylation sites (tertiary alicyclic amines) is 1. The van der Waals surface area contributed by atoms with Crippen LogP contribution in [0.15, 0.2) is 24.3 Å². The number of carbonyl (C=O) groups excluding carboxylic acids is 1. The molecule has 1 amide bonds. The molecule has 1 heterocycles. The molecule has 1 aromatic carbocycles. The summed E-state index contributed by atoms with van der Waals surface area (Å²) >= 11 is 5.87. The third-order valence-corrected chi connectivity index (χ3v) is 4.58. The van der Waals surface area contributed by atoms with Crippen LogP contribution >= 0.6 is 11.6 Å². The molecule has 0 saturated carbocycles. The molecular weight excluding hydrogens is 298 g/mol. The first-order valence-corrected chi connectivity index (χ1v) is 8.66. The molecular formula is C18H26ClNO2. The lowest BCUT2D eigenvalue weighted by Gasteiger charge is -2.36. The predicted octanol–water partition coefficient (Wildman–Crippen LogP) is 3.81. The van der Waals surface area contributed by atoms with Crippen LogP contribution in [0.4, 0.5) is 0 Å². The van der Waals surface area contributed by atoms with E-state index < -0.39 is 0 Å². The molecule has 2 rings (SSSR count). The SMILES string of the molecule is C[C@@H](O)C[C@@H]1CCCCN1C(=O)CCCc1ccc(Cl)cc1. The standard InChI is InChI=1S/C18H26ClNO2/c1-14(21)13-17-6-2-3-12-20(17)18(22)7-4-5-15-8-10-16(19)11-9-15/h8-11,14,17,21H,2-7,12-13H2,1H3/t14-,17+/m1/s1. The lowest BCUT2D eigenvalue weighted by Crippen LogP contribution is -2.44. The summed E-state index contributed by atoms with van der Waals surface area (Å²) in [5.74, 6) is 0.235. The Hall–Kier alpha value is -1.06. The van der Waals surface area contributed by atoms with Crippen LogP contribution in [0.3, 0.4) is 0 Å². The van der Waals surface area contributed by atoms with Gasteiger partial charge in [-0.05, 0) is 63.1 Å². The highest BCUT2D eigenvalue weighted by molar-refractivity contribution is 6.30. The Morgan fingerprint density at radius 2 is 2.09 bits per heavy atom. The number of aryl methyl sites for hydroxylation is 1. The lowest BCUT2D eigenvalue weighted by atomic mass is 9.96. The summed E-state index contributed by atoms with van der Waals surface area (Å²) in [6.07, 6.45) is 5.96. The maximum absolute atomic E-state index is 12.5. The number of benzene rings is 1. The summed E-state index contributed by atoms with van der Waals surface area (Å²) in [6, 6.07) is 8.04. The van der Waals surface area contributed by atoms with Crippen LogP contribution in [0.25, 0.3) is 0 Å². The van der Waals surface area contributed by atoms with Gasteiger partial charge < -0.3 is 10.0 Å². The number of rotatable bonds is 6. The molecule has 4 heteroatoms. The molecule has 3 nitrogen and oxygen atoms in total. The molecule has 0 bridgehead atoms. The largest absolute Gasteiger partial charge is 0.393 e. The van der Waals surface area contributed by atoms with Crippen molar-refractivity contribution >= 4 is 17.5 Å². The van der Waals surface area contributed by atoms with Crippen LogP contribution in [0.5, 0.6) is 0 Å².